The molecule has 4 aromatic heterocycles. The fourth-order valence-electron chi connectivity index (χ4n) is 5.18. The van der Waals surface area contributed by atoms with Crippen molar-refractivity contribution in [3.05, 3.63) is 33.4 Å². The summed E-state index contributed by atoms with van der Waals surface area (Å²) in [5.74, 6) is -0.495. The van der Waals surface area contributed by atoms with E-state index in [-0.39, 0.29) is 34.2 Å². The van der Waals surface area contributed by atoms with Crippen LogP contribution in [0.5, 0.6) is 0 Å². The Kier molecular flexibility index (Phi) is 7.42. The van der Waals surface area contributed by atoms with Crippen molar-refractivity contribution in [2.75, 3.05) is 18.1 Å². The Hall–Kier alpha value is -2.86. The molecule has 10 atom stereocenters. The van der Waals surface area contributed by atoms with Crippen molar-refractivity contribution in [1.29, 1.82) is 0 Å². The number of imidazole rings is 2. The summed E-state index contributed by atoms with van der Waals surface area (Å²) in [5, 5.41) is 22.4. The van der Waals surface area contributed by atoms with E-state index in [9.17, 15) is 28.9 Å². The van der Waals surface area contributed by atoms with Crippen molar-refractivity contribution in [3.8, 4) is 0 Å². The van der Waals surface area contributed by atoms with Crippen LogP contribution < -0.4 is 22.6 Å². The molecule has 0 bridgehead atoms. The van der Waals surface area contributed by atoms with Gasteiger partial charge in [-0.2, -0.15) is 9.97 Å². The molecule has 3 saturated heterocycles. The first-order valence-corrected chi connectivity index (χ1v) is 18.1. The second-order valence-electron chi connectivity index (χ2n) is 9.97. The molecule has 4 aromatic rings. The van der Waals surface area contributed by atoms with E-state index in [0.29, 0.717) is 0 Å². The predicted molar refractivity (Wildman–Crippen MR) is 155 cm³/mol. The van der Waals surface area contributed by atoms with Crippen molar-refractivity contribution < 1.29 is 46.9 Å². The van der Waals surface area contributed by atoms with Gasteiger partial charge in [-0.15, -0.1) is 0 Å². The summed E-state index contributed by atoms with van der Waals surface area (Å²) in [6, 6.07) is 0. The van der Waals surface area contributed by atoms with E-state index in [1.165, 1.54) is 4.57 Å². The molecule has 7 rings (SSSR count). The Morgan fingerprint density at radius 2 is 1.33 bits per heavy atom. The zero-order valence-corrected chi connectivity index (χ0v) is 25.7. The third kappa shape index (κ3) is 5.39. The molecule has 3 aliphatic heterocycles. The highest BCUT2D eigenvalue weighted by molar-refractivity contribution is 8.44. The topological polar surface area (TPSA) is 309 Å². The number of nitrogens with two attached hydrogens (primary N) is 2. The molecule has 242 valence electrons. The summed E-state index contributed by atoms with van der Waals surface area (Å²) in [6.07, 6.45) is -10.3. The van der Waals surface area contributed by atoms with E-state index < -0.39 is 80.6 Å². The van der Waals surface area contributed by atoms with Crippen molar-refractivity contribution >= 4 is 72.3 Å². The minimum Gasteiger partial charge on any atom is -0.386 e. The first kappa shape index (κ1) is 30.8. The molecule has 2 unspecified atom stereocenters. The number of ether oxygens (including phenoxy) is 2. The molecule has 3 fully saturated rings. The van der Waals surface area contributed by atoms with Crippen LogP contribution >= 0.6 is 38.1 Å². The van der Waals surface area contributed by atoms with Gasteiger partial charge in [-0.25, -0.2) is 19.1 Å². The van der Waals surface area contributed by atoms with Gasteiger partial charge in [-0.3, -0.25) is 46.8 Å². The number of aromatic nitrogens is 8. The number of nitrogens with one attached hydrogen (secondary N) is 2. The monoisotopic (exact) mass is 708 g/mol. The molecule has 0 aliphatic carbocycles. The second kappa shape index (κ2) is 10.9. The molecule has 0 amide bonds. The molecule has 0 aromatic carbocycles. The lowest BCUT2D eigenvalue weighted by Crippen LogP contribution is -2.36. The minimum atomic E-state index is -4.57. The lowest BCUT2D eigenvalue weighted by atomic mass is 10.1. The number of nitrogens with zero attached hydrogens (tertiary/aromatic N) is 6. The predicted octanol–water partition coefficient (Wildman–Crippen LogP) is -1.22. The number of H-pyrrole nitrogens is 2. The molecular formula is C19H22N10O12P2S2. The maximum Gasteiger partial charge on any atom is 0.388 e. The number of aliphatic hydroxyl groups is 2. The van der Waals surface area contributed by atoms with Gasteiger partial charge in [0, 0.05) is 0 Å². The fraction of sp³-hybridized carbons (Fsp3) is 0.474. The highest BCUT2D eigenvalue weighted by Gasteiger charge is 2.55. The smallest absolute Gasteiger partial charge is 0.386 e. The summed E-state index contributed by atoms with van der Waals surface area (Å²) < 4.78 is 62.9. The van der Waals surface area contributed by atoms with Gasteiger partial charge in [0.25, 0.3) is 11.1 Å². The molecule has 26 heteroatoms. The lowest BCUT2D eigenvalue weighted by molar-refractivity contribution is -0.126. The van der Waals surface area contributed by atoms with Gasteiger partial charge < -0.3 is 31.2 Å². The second-order valence-corrected chi connectivity index (χ2v) is 15.7. The molecule has 0 radical (unpaired) electrons. The van der Waals surface area contributed by atoms with E-state index in [2.05, 4.69) is 54.4 Å². The molecule has 8 N–H and O–H groups in total. The highest BCUT2D eigenvalue weighted by atomic mass is 32.7. The molecular weight excluding hydrogens is 686 g/mol. The van der Waals surface area contributed by atoms with Crippen LogP contribution in [0.15, 0.2) is 22.2 Å². The zero-order valence-electron chi connectivity index (χ0n) is 22.1. The van der Waals surface area contributed by atoms with E-state index >= 15 is 0 Å². The Morgan fingerprint density at radius 1 is 0.822 bits per heavy atom. The SMILES string of the molecule is Nc1nc2c(ncn2[C@@H]2O[C@@H]3O[P@@](=O)(S)OC4[C@@H](CO[P@@](=O)(S)O[C@@H]3C2O)O[C@@H](n2cnc3c(=O)[nH]c(N)nc32)[C@H]4O)c(=O)[nH]1. The molecule has 0 spiro atoms. The summed E-state index contributed by atoms with van der Waals surface area (Å²) in [4.78, 5) is 45.0. The van der Waals surface area contributed by atoms with Gasteiger partial charge in [0.1, 0.15) is 30.5 Å². The van der Waals surface area contributed by atoms with Gasteiger partial charge >= 0.3 is 13.6 Å². The molecule has 0 saturated carbocycles. The van der Waals surface area contributed by atoms with Crippen LogP contribution in [0.3, 0.4) is 0 Å². The molecule has 45 heavy (non-hydrogen) atoms. The maximum absolute atomic E-state index is 13.6. The number of aromatic amines is 2. The number of rotatable bonds is 2. The van der Waals surface area contributed by atoms with Crippen molar-refractivity contribution in [2.24, 2.45) is 0 Å². The van der Waals surface area contributed by atoms with Crippen LogP contribution in [-0.4, -0.2) is 92.7 Å². The van der Waals surface area contributed by atoms with E-state index in [4.69, 9.17) is 39.0 Å². The summed E-state index contributed by atoms with van der Waals surface area (Å²) in [6.45, 7) is -9.59. The number of aliphatic hydroxyl groups excluding tert-OH is 2. The maximum atomic E-state index is 13.6. The van der Waals surface area contributed by atoms with Gasteiger partial charge in [0.2, 0.25) is 11.9 Å². The Labute approximate surface area is 258 Å². The van der Waals surface area contributed by atoms with Crippen molar-refractivity contribution in [3.63, 3.8) is 0 Å². The zero-order chi connectivity index (χ0) is 32.0. The number of fused-ring (bicyclic) bond motifs is 4. The number of nitrogen functional groups attached to an aromatic ring is 2. The van der Waals surface area contributed by atoms with E-state index in [1.807, 2.05) is 0 Å². The number of hydrogen-bond donors (Lipinski definition) is 8. The van der Waals surface area contributed by atoms with Crippen LogP contribution in [0.25, 0.3) is 22.3 Å². The highest BCUT2D eigenvalue weighted by Crippen LogP contribution is 2.62. The van der Waals surface area contributed by atoms with Crippen LogP contribution in [0.4, 0.5) is 11.9 Å². The average Bonchev–Trinajstić information content (AvgIpc) is 3.69. The van der Waals surface area contributed by atoms with Gasteiger partial charge in [0.15, 0.2) is 41.1 Å². The van der Waals surface area contributed by atoms with Crippen LogP contribution in [0.1, 0.15) is 12.5 Å². The summed E-state index contributed by atoms with van der Waals surface area (Å²) in [5.41, 5.74) is 9.58. The van der Waals surface area contributed by atoms with Crippen LogP contribution in [0.2, 0.25) is 0 Å². The molecule has 22 nitrogen and oxygen atoms in total. The molecule has 7 heterocycles. The first-order valence-electron chi connectivity index (χ1n) is 12.7. The van der Waals surface area contributed by atoms with E-state index in [0.717, 1.165) is 17.2 Å². The Morgan fingerprint density at radius 3 is 1.91 bits per heavy atom. The van der Waals surface area contributed by atoms with Crippen LogP contribution in [-0.2, 0) is 36.7 Å². The summed E-state index contributed by atoms with van der Waals surface area (Å²) in [7, 11) is 0. The summed E-state index contributed by atoms with van der Waals surface area (Å²) >= 11 is 8.01. The van der Waals surface area contributed by atoms with Crippen molar-refractivity contribution in [2.45, 2.75) is 49.3 Å². The first-order chi connectivity index (χ1) is 21.2. The third-order valence-corrected chi connectivity index (χ3v) is 10.2. The quantitative estimate of drug-likeness (QED) is 0.0894. The minimum absolute atomic E-state index is 0.0530. The van der Waals surface area contributed by atoms with Gasteiger partial charge in [0.05, 0.1) is 19.3 Å². The van der Waals surface area contributed by atoms with Gasteiger partial charge in [-0.05, 0) is 0 Å². The average molecular weight is 709 g/mol. The largest absolute Gasteiger partial charge is 0.388 e. The third-order valence-electron chi connectivity index (χ3n) is 7.08. The number of anilines is 2. The lowest BCUT2D eigenvalue weighted by Gasteiger charge is -2.25. The fourth-order valence-corrected chi connectivity index (χ4v) is 8.29. The van der Waals surface area contributed by atoms with Gasteiger partial charge in [-0.1, -0.05) is 24.5 Å². The van der Waals surface area contributed by atoms with E-state index in [1.54, 1.807) is 0 Å². The normalized spacial score (nSPS) is 37.4. The number of thiol groups is 2. The molecule has 3 aliphatic rings. The Balaban J connectivity index is 1.21. The standard InChI is InChI=1S/C19H22N10O12P2S2/c20-18-24-11-5(13(32)26-18)22-2-28(11)15-7(30)9-4(37-15)1-36-42(34,44)40-10-8(31)16(38-17(10)41-43(35,45)39-9)29-3-23-6-12(29)25-19(21)27-14(6)33/h2-4,7-10,15-17,30-31H,1H2,(H,34,44)(H,35,45)(H3,20,24,26,32)(H3,21,25,27,33)/t4-,7+,8?,9?,10-,15-,16-,17-,42-,43+/m1/s1. The Bertz CT molecular complexity index is 2040. The number of hydrogen-bond acceptors (Lipinski definition) is 18. The van der Waals surface area contributed by atoms with Crippen molar-refractivity contribution in [1.82, 2.24) is 39.0 Å². The van der Waals surface area contributed by atoms with Crippen LogP contribution in [0, 0.1) is 0 Å².